The first-order valence-corrected chi connectivity index (χ1v) is 9.79. The molecule has 1 heterocycles. The van der Waals surface area contributed by atoms with Gasteiger partial charge in [-0.05, 0) is 33.3 Å². The lowest BCUT2D eigenvalue weighted by molar-refractivity contribution is -0.384. The largest absolute Gasteiger partial charge is 0.513 e. The van der Waals surface area contributed by atoms with Crippen LogP contribution in [0.4, 0.5) is 15.3 Å². The number of ether oxygens (including phenoxy) is 5. The van der Waals surface area contributed by atoms with Gasteiger partial charge in [-0.25, -0.2) is 9.59 Å². The van der Waals surface area contributed by atoms with Crippen LogP contribution in [0.2, 0.25) is 0 Å². The van der Waals surface area contributed by atoms with Gasteiger partial charge in [-0.1, -0.05) is 12.1 Å². The van der Waals surface area contributed by atoms with Crippen molar-refractivity contribution in [1.29, 1.82) is 0 Å². The molecule has 0 saturated carbocycles. The lowest BCUT2D eigenvalue weighted by atomic mass is 9.90. The molecule has 11 nitrogen and oxygen atoms in total. The SMILES string of the molecule is COCCOC(=O)OC1=C(C)NC(C)=C(OC(=O)OC(C)C)C1c1cccc([N+](=O)[O-])c1. The van der Waals surface area contributed by atoms with Gasteiger partial charge in [0.05, 0.1) is 29.0 Å². The van der Waals surface area contributed by atoms with Gasteiger partial charge in [-0.3, -0.25) is 10.1 Å². The maximum atomic E-state index is 12.2. The lowest BCUT2D eigenvalue weighted by Gasteiger charge is -2.30. The molecule has 0 fully saturated rings. The predicted octanol–water partition coefficient (Wildman–Crippen LogP) is 4.11. The Kier molecular flexibility index (Phi) is 8.59. The Morgan fingerprint density at radius 1 is 1.09 bits per heavy atom. The third kappa shape index (κ3) is 6.45. The predicted molar refractivity (Wildman–Crippen MR) is 111 cm³/mol. The summed E-state index contributed by atoms with van der Waals surface area (Å²) in [6.45, 7) is 6.76. The summed E-state index contributed by atoms with van der Waals surface area (Å²) in [6, 6.07) is 5.72. The molecule has 1 aliphatic heterocycles. The molecule has 32 heavy (non-hydrogen) atoms. The van der Waals surface area contributed by atoms with Crippen molar-refractivity contribution < 1.29 is 38.2 Å². The smallest absolute Gasteiger partial charge is 0.432 e. The summed E-state index contributed by atoms with van der Waals surface area (Å²) in [4.78, 5) is 35.2. The molecule has 174 valence electrons. The molecule has 11 heteroatoms. The van der Waals surface area contributed by atoms with Crippen molar-refractivity contribution in [2.75, 3.05) is 20.3 Å². The Balaban J connectivity index is 2.47. The van der Waals surface area contributed by atoms with Gasteiger partial charge in [0.1, 0.15) is 24.0 Å². The molecule has 1 atom stereocenters. The Morgan fingerprint density at radius 2 is 1.72 bits per heavy atom. The van der Waals surface area contributed by atoms with Crippen molar-refractivity contribution in [3.05, 3.63) is 62.9 Å². The van der Waals surface area contributed by atoms with Crippen LogP contribution in [0.3, 0.4) is 0 Å². The molecule has 0 bridgehead atoms. The van der Waals surface area contributed by atoms with E-state index in [1.54, 1.807) is 33.8 Å². The van der Waals surface area contributed by atoms with Crippen molar-refractivity contribution in [2.45, 2.75) is 39.7 Å². The van der Waals surface area contributed by atoms with E-state index in [1.807, 2.05) is 0 Å². The van der Waals surface area contributed by atoms with E-state index in [0.29, 0.717) is 17.0 Å². The fraction of sp³-hybridized carbons (Fsp3) is 0.429. The number of non-ortho nitro benzene ring substituents is 1. The summed E-state index contributed by atoms with van der Waals surface area (Å²) in [7, 11) is 1.46. The Hall–Kier alpha value is -3.60. The van der Waals surface area contributed by atoms with E-state index in [0.717, 1.165) is 0 Å². The fourth-order valence-electron chi connectivity index (χ4n) is 2.98. The molecule has 1 aromatic carbocycles. The first kappa shape index (κ1) is 24.7. The number of nitrogens with one attached hydrogen (secondary N) is 1. The van der Waals surface area contributed by atoms with Gasteiger partial charge < -0.3 is 29.0 Å². The van der Waals surface area contributed by atoms with Gasteiger partial charge in [0, 0.05) is 19.2 Å². The second kappa shape index (κ2) is 11.1. The van der Waals surface area contributed by atoms with Crippen molar-refractivity contribution >= 4 is 18.0 Å². The summed E-state index contributed by atoms with van der Waals surface area (Å²) in [6.07, 6.45) is -2.40. The quantitative estimate of drug-likeness (QED) is 0.267. The van der Waals surface area contributed by atoms with Crippen LogP contribution in [0.25, 0.3) is 0 Å². The van der Waals surface area contributed by atoms with E-state index in [2.05, 4.69) is 5.32 Å². The third-order valence-corrected chi connectivity index (χ3v) is 4.28. The van der Waals surface area contributed by atoms with E-state index < -0.39 is 29.3 Å². The molecule has 0 amide bonds. The molecule has 1 aromatic rings. The zero-order valence-corrected chi connectivity index (χ0v) is 18.5. The number of carbonyl (C=O) groups is 2. The van der Waals surface area contributed by atoms with Gasteiger partial charge in [-0.2, -0.15) is 0 Å². The van der Waals surface area contributed by atoms with Crippen LogP contribution < -0.4 is 5.32 Å². The highest BCUT2D eigenvalue weighted by Crippen LogP contribution is 2.40. The zero-order chi connectivity index (χ0) is 23.8. The average molecular weight is 450 g/mol. The van der Waals surface area contributed by atoms with Crippen LogP contribution >= 0.6 is 0 Å². The van der Waals surface area contributed by atoms with E-state index in [1.165, 1.54) is 25.3 Å². The topological polar surface area (TPSA) is 135 Å². The molecule has 1 N–H and O–H groups in total. The first-order chi connectivity index (χ1) is 15.1. The molecule has 0 aromatic heterocycles. The number of dihydropyridines is 1. The number of carbonyl (C=O) groups excluding carboxylic acids is 2. The van der Waals surface area contributed by atoms with Crippen molar-refractivity contribution in [2.24, 2.45) is 0 Å². The summed E-state index contributed by atoms with van der Waals surface area (Å²) in [5, 5.41) is 14.3. The van der Waals surface area contributed by atoms with E-state index in [4.69, 9.17) is 23.7 Å². The summed E-state index contributed by atoms with van der Waals surface area (Å²) < 4.78 is 25.7. The first-order valence-electron chi connectivity index (χ1n) is 9.79. The van der Waals surface area contributed by atoms with Gasteiger partial charge in [0.2, 0.25) is 0 Å². The monoisotopic (exact) mass is 450 g/mol. The summed E-state index contributed by atoms with van der Waals surface area (Å²) >= 11 is 0. The minimum Gasteiger partial charge on any atom is -0.432 e. The second-order valence-electron chi connectivity index (χ2n) is 7.10. The minimum atomic E-state index is -1.00. The minimum absolute atomic E-state index is 0.0322. The van der Waals surface area contributed by atoms with Crippen LogP contribution in [-0.2, 0) is 23.7 Å². The molecule has 0 saturated heterocycles. The van der Waals surface area contributed by atoms with Gasteiger partial charge >= 0.3 is 12.3 Å². The molecule has 0 spiro atoms. The van der Waals surface area contributed by atoms with E-state index in [9.17, 15) is 19.7 Å². The Bertz CT molecular complexity index is 937. The number of hydrogen-bond acceptors (Lipinski definition) is 10. The van der Waals surface area contributed by atoms with E-state index >= 15 is 0 Å². The number of allylic oxidation sites excluding steroid dienone is 2. The van der Waals surface area contributed by atoms with E-state index in [-0.39, 0.29) is 30.4 Å². The van der Waals surface area contributed by atoms with Crippen LogP contribution in [0.15, 0.2) is 47.2 Å². The summed E-state index contributed by atoms with van der Waals surface area (Å²) in [5.41, 5.74) is 1.07. The van der Waals surface area contributed by atoms with Crippen LogP contribution in [-0.4, -0.2) is 43.7 Å². The van der Waals surface area contributed by atoms with Crippen LogP contribution in [0.5, 0.6) is 0 Å². The fourth-order valence-corrected chi connectivity index (χ4v) is 2.98. The zero-order valence-electron chi connectivity index (χ0n) is 18.5. The standard InChI is InChI=1S/C21H26N2O9/c1-12(2)30-21(25)32-19-14(4)22-13(3)18(31-20(24)29-10-9-28-5)17(19)15-7-6-8-16(11-15)23(26)27/h6-8,11-12,17,22H,9-10H2,1-5H3. The van der Waals surface area contributed by atoms with Gasteiger partial charge in [0.15, 0.2) is 0 Å². The summed E-state index contributed by atoms with van der Waals surface area (Å²) in [5.74, 6) is -0.821. The molecular weight excluding hydrogens is 424 g/mol. The Labute approximate surface area is 185 Å². The second-order valence-corrected chi connectivity index (χ2v) is 7.10. The number of benzene rings is 1. The number of hydrogen-bond donors (Lipinski definition) is 1. The highest BCUT2D eigenvalue weighted by Gasteiger charge is 2.36. The Morgan fingerprint density at radius 3 is 2.28 bits per heavy atom. The van der Waals surface area contributed by atoms with Crippen molar-refractivity contribution in [1.82, 2.24) is 5.32 Å². The third-order valence-electron chi connectivity index (χ3n) is 4.28. The molecule has 0 radical (unpaired) electrons. The number of nitrogens with zero attached hydrogens (tertiary/aromatic N) is 1. The molecule has 1 aliphatic rings. The number of nitro benzene ring substituents is 1. The number of rotatable bonds is 8. The van der Waals surface area contributed by atoms with Crippen LogP contribution in [0, 0.1) is 10.1 Å². The normalized spacial score (nSPS) is 15.9. The van der Waals surface area contributed by atoms with Crippen LogP contribution in [0.1, 0.15) is 39.2 Å². The number of nitro groups is 1. The highest BCUT2D eigenvalue weighted by atomic mass is 16.7. The van der Waals surface area contributed by atoms with Gasteiger partial charge in [-0.15, -0.1) is 0 Å². The number of methoxy groups -OCH3 is 1. The molecule has 1 unspecified atom stereocenters. The lowest BCUT2D eigenvalue weighted by Crippen LogP contribution is -2.29. The van der Waals surface area contributed by atoms with Crippen molar-refractivity contribution in [3.63, 3.8) is 0 Å². The highest BCUT2D eigenvalue weighted by molar-refractivity contribution is 5.65. The van der Waals surface area contributed by atoms with Crippen molar-refractivity contribution in [3.8, 4) is 0 Å². The average Bonchev–Trinajstić information content (AvgIpc) is 2.71. The maximum absolute atomic E-state index is 12.2. The molecular formula is C21H26N2O9. The maximum Gasteiger partial charge on any atom is 0.513 e. The van der Waals surface area contributed by atoms with Gasteiger partial charge in [0.25, 0.3) is 5.69 Å². The molecule has 0 aliphatic carbocycles. The molecule has 2 rings (SSSR count).